The maximum atomic E-state index is 13.5. The number of rotatable bonds is 5. The zero-order valence-corrected chi connectivity index (χ0v) is 16.3. The van der Waals surface area contributed by atoms with Gasteiger partial charge in [-0.25, -0.2) is 13.6 Å². The summed E-state index contributed by atoms with van der Waals surface area (Å²) in [6.07, 6.45) is -1.90. The number of benzene rings is 1. The molecule has 0 aliphatic carbocycles. The summed E-state index contributed by atoms with van der Waals surface area (Å²) in [5.41, 5.74) is 0.692. The number of carbonyl (C=O) groups excluding carboxylic acids is 1. The molecule has 0 amide bonds. The van der Waals surface area contributed by atoms with Crippen molar-refractivity contribution in [1.29, 1.82) is 0 Å². The van der Waals surface area contributed by atoms with E-state index in [2.05, 4.69) is 4.72 Å². The summed E-state index contributed by atoms with van der Waals surface area (Å²) in [6, 6.07) is 4.07. The highest BCUT2D eigenvalue weighted by Gasteiger charge is 2.29. The van der Waals surface area contributed by atoms with Crippen LogP contribution in [-0.4, -0.2) is 26.6 Å². The minimum atomic E-state index is -2.70. The third-order valence-corrected chi connectivity index (χ3v) is 5.58. The van der Waals surface area contributed by atoms with Crippen molar-refractivity contribution in [2.75, 3.05) is 6.61 Å². The molecule has 0 saturated heterocycles. The summed E-state index contributed by atoms with van der Waals surface area (Å²) in [4.78, 5) is 12.1. The number of ether oxygens (including phenoxy) is 1. The van der Waals surface area contributed by atoms with Gasteiger partial charge in [0.05, 0.1) is 18.2 Å². The van der Waals surface area contributed by atoms with Crippen LogP contribution in [0.3, 0.4) is 0 Å². The Morgan fingerprint density at radius 1 is 1.38 bits per heavy atom. The Kier molecular flexibility index (Phi) is 6.31. The van der Waals surface area contributed by atoms with Gasteiger partial charge < -0.3 is 9.29 Å². The average molecular weight is 386 g/mol. The fraction of sp³-hybridized carbons (Fsp3) is 0.500. The van der Waals surface area contributed by atoms with Crippen LogP contribution in [0.25, 0.3) is 10.9 Å². The number of hydrogen-bond donors (Lipinski definition) is 1. The van der Waals surface area contributed by atoms with Crippen molar-refractivity contribution < 1.29 is 22.9 Å². The molecule has 1 heterocycles. The maximum Gasteiger partial charge on any atom is 0.418 e. The molecule has 0 fully saturated rings. The van der Waals surface area contributed by atoms with E-state index in [-0.39, 0.29) is 12.2 Å². The molecule has 2 rings (SSSR count). The molecule has 2 aromatic rings. The fourth-order valence-electron chi connectivity index (χ4n) is 2.48. The van der Waals surface area contributed by atoms with Crippen LogP contribution in [0.4, 0.5) is 13.6 Å². The number of aromatic nitrogens is 1. The highest BCUT2D eigenvalue weighted by atomic mass is 32.2. The molecule has 1 aromatic carbocycles. The van der Waals surface area contributed by atoms with Gasteiger partial charge in [0.1, 0.15) is 4.75 Å². The highest BCUT2D eigenvalue weighted by molar-refractivity contribution is 7.90. The lowest BCUT2D eigenvalue weighted by molar-refractivity contribution is 0.152. The first-order valence-corrected chi connectivity index (χ1v) is 9.49. The number of carbonyl (C=O) groups is 1. The highest BCUT2D eigenvalue weighted by Crippen LogP contribution is 2.32. The Hall–Kier alpha value is -1.64. The van der Waals surface area contributed by atoms with Crippen LogP contribution in [0.2, 0.25) is 0 Å². The van der Waals surface area contributed by atoms with E-state index in [0.717, 1.165) is 0 Å². The van der Waals surface area contributed by atoms with Crippen LogP contribution in [0.15, 0.2) is 24.4 Å². The van der Waals surface area contributed by atoms with Gasteiger partial charge in [0.15, 0.2) is 0 Å². The second kappa shape index (κ2) is 7.94. The molecule has 5 nitrogen and oxygen atoms in total. The Morgan fingerprint density at radius 2 is 2.04 bits per heavy atom. The van der Waals surface area contributed by atoms with E-state index in [0.29, 0.717) is 16.5 Å². The normalized spacial score (nSPS) is 14.7. The molecular weight excluding hydrogens is 362 g/mol. The molecule has 0 bridgehead atoms. The molecule has 0 spiro atoms. The van der Waals surface area contributed by atoms with E-state index in [1.807, 2.05) is 20.8 Å². The molecule has 8 heteroatoms. The Balaban J connectivity index is 2.50. The van der Waals surface area contributed by atoms with Gasteiger partial charge in [-0.3, -0.25) is 4.57 Å². The zero-order chi connectivity index (χ0) is 19.6. The summed E-state index contributed by atoms with van der Waals surface area (Å²) < 4.78 is 48.0. The lowest BCUT2D eigenvalue weighted by Crippen LogP contribution is -2.40. The fourth-order valence-corrected chi connectivity index (χ4v) is 3.29. The number of fused-ring (bicyclic) bond motifs is 1. The average Bonchev–Trinajstić information content (AvgIpc) is 2.96. The van der Waals surface area contributed by atoms with E-state index in [1.54, 1.807) is 19.9 Å². The minimum Gasteiger partial charge on any atom is -0.598 e. The molecule has 0 aliphatic rings. The molecule has 0 saturated carbocycles. The number of hydrogen-bond acceptors (Lipinski definition) is 4. The van der Waals surface area contributed by atoms with Gasteiger partial charge >= 0.3 is 6.09 Å². The first-order valence-electron chi connectivity index (χ1n) is 8.34. The van der Waals surface area contributed by atoms with Crippen molar-refractivity contribution >= 4 is 28.4 Å². The van der Waals surface area contributed by atoms with Gasteiger partial charge in [-0.15, -0.1) is 4.72 Å². The third-order valence-electron chi connectivity index (χ3n) is 3.90. The van der Waals surface area contributed by atoms with Crippen molar-refractivity contribution in [2.24, 2.45) is 0 Å². The van der Waals surface area contributed by atoms with Gasteiger partial charge in [0, 0.05) is 28.5 Å². The van der Waals surface area contributed by atoms with Crippen LogP contribution in [0.1, 0.15) is 58.2 Å². The topological polar surface area (TPSA) is 66.3 Å². The Morgan fingerprint density at radius 3 is 2.58 bits per heavy atom. The summed E-state index contributed by atoms with van der Waals surface area (Å²) >= 11 is -1.36. The lowest BCUT2D eigenvalue weighted by Gasteiger charge is -2.26. The Bertz CT molecular complexity index is 787. The molecule has 1 N–H and O–H groups in total. The smallest absolute Gasteiger partial charge is 0.418 e. The lowest BCUT2D eigenvalue weighted by atomic mass is 10.0. The number of nitrogens with zero attached hydrogens (tertiary/aromatic N) is 1. The minimum absolute atomic E-state index is 0.171. The van der Waals surface area contributed by atoms with Gasteiger partial charge in [-0.1, -0.05) is 0 Å². The van der Waals surface area contributed by atoms with Crippen molar-refractivity contribution in [1.82, 2.24) is 9.29 Å². The van der Waals surface area contributed by atoms with Crippen LogP contribution in [0, 0.1) is 0 Å². The Labute approximate surface area is 155 Å². The van der Waals surface area contributed by atoms with Gasteiger partial charge in [0.2, 0.25) is 0 Å². The van der Waals surface area contributed by atoms with Gasteiger partial charge in [-0.05, 0) is 58.4 Å². The maximum absolute atomic E-state index is 13.5. The quantitative estimate of drug-likeness (QED) is 0.757. The predicted octanol–water partition coefficient (Wildman–Crippen LogP) is 4.70. The first kappa shape index (κ1) is 20.7. The number of nitrogens with one attached hydrogen (secondary N) is 1. The van der Waals surface area contributed by atoms with Crippen molar-refractivity contribution in [3.63, 3.8) is 0 Å². The monoisotopic (exact) mass is 386 g/mol. The van der Waals surface area contributed by atoms with Gasteiger partial charge in [0.25, 0.3) is 6.43 Å². The third kappa shape index (κ3) is 4.36. The molecular formula is C18H24F2N2O3S. The standard InChI is InChI=1S/C18H24F2N2O3S/c1-6-25-17(23)22-8-7-13-14(16(19)20)9-12(10-15(13)22)11(2)21-26(24)18(3,4)5/h7-11,16,21H,6H2,1-5H3. The molecule has 2 unspecified atom stereocenters. The predicted molar refractivity (Wildman–Crippen MR) is 98.8 cm³/mol. The van der Waals surface area contributed by atoms with Crippen LogP contribution in [-0.2, 0) is 16.1 Å². The summed E-state index contributed by atoms with van der Waals surface area (Å²) in [7, 11) is 0. The van der Waals surface area contributed by atoms with E-state index in [1.165, 1.54) is 22.9 Å². The zero-order valence-electron chi connectivity index (χ0n) is 15.5. The van der Waals surface area contributed by atoms with Crippen molar-refractivity contribution in [3.8, 4) is 0 Å². The van der Waals surface area contributed by atoms with Crippen molar-refractivity contribution in [3.05, 3.63) is 35.5 Å². The van der Waals surface area contributed by atoms with E-state index in [9.17, 15) is 18.1 Å². The number of halogens is 2. The largest absolute Gasteiger partial charge is 0.598 e. The molecule has 2 atom stereocenters. The molecule has 0 radical (unpaired) electrons. The van der Waals surface area contributed by atoms with Crippen LogP contribution in [0.5, 0.6) is 0 Å². The molecule has 144 valence electrons. The van der Waals surface area contributed by atoms with E-state index < -0.39 is 34.7 Å². The summed E-state index contributed by atoms with van der Waals surface area (Å²) in [6.45, 7) is 9.07. The second-order valence-electron chi connectivity index (χ2n) is 6.95. The van der Waals surface area contributed by atoms with Crippen LogP contribution >= 0.6 is 0 Å². The second-order valence-corrected chi connectivity index (χ2v) is 8.95. The first-order chi connectivity index (χ1) is 12.1. The van der Waals surface area contributed by atoms with E-state index >= 15 is 0 Å². The number of alkyl halides is 2. The molecule has 26 heavy (non-hydrogen) atoms. The van der Waals surface area contributed by atoms with Crippen molar-refractivity contribution in [2.45, 2.75) is 51.8 Å². The van der Waals surface area contributed by atoms with E-state index in [4.69, 9.17) is 4.74 Å². The van der Waals surface area contributed by atoms with Gasteiger partial charge in [-0.2, -0.15) is 0 Å². The SMILES string of the molecule is CCOC(=O)n1ccc2c(C(F)F)cc(C(C)N[S+]([O-])C(C)(C)C)cc21. The molecule has 0 aliphatic heterocycles. The summed E-state index contributed by atoms with van der Waals surface area (Å²) in [5.74, 6) is 0. The van der Waals surface area contributed by atoms with Crippen LogP contribution < -0.4 is 4.72 Å². The molecule has 1 aromatic heterocycles. The summed E-state index contributed by atoms with van der Waals surface area (Å²) in [5, 5.41) is 0.293.